The van der Waals surface area contributed by atoms with Crippen molar-refractivity contribution in [3.05, 3.63) is 24.2 Å². The zero-order valence-corrected chi connectivity index (χ0v) is 25.9. The van der Waals surface area contributed by atoms with Crippen LogP contribution in [0.2, 0.25) is 0 Å². The van der Waals surface area contributed by atoms with Crippen molar-refractivity contribution < 1.29 is 43.4 Å². The number of aliphatic hydroxyl groups excluding tert-OH is 2. The van der Waals surface area contributed by atoms with Crippen LogP contribution < -0.4 is 49.5 Å². The third-order valence-corrected chi connectivity index (χ3v) is 6.48. The molecule has 6 amide bonds. The van der Waals surface area contributed by atoms with Crippen LogP contribution in [0.25, 0.3) is 0 Å². The lowest BCUT2D eigenvalue weighted by Crippen LogP contribution is -2.60. The van der Waals surface area contributed by atoms with Crippen LogP contribution in [0.3, 0.4) is 0 Å². The van der Waals surface area contributed by atoms with Gasteiger partial charge in [0.25, 0.3) is 5.91 Å². The molecule has 1 aromatic heterocycles. The quantitative estimate of drug-likeness (QED) is 0.0339. The first-order chi connectivity index (χ1) is 21.7. The first-order valence-electron chi connectivity index (χ1n) is 14.6. The fourth-order valence-corrected chi connectivity index (χ4v) is 3.94. The number of primary amides is 1. The molecule has 6 atom stereocenters. The van der Waals surface area contributed by atoms with Crippen molar-refractivity contribution in [1.29, 1.82) is 0 Å². The molecule has 0 aromatic carbocycles. The van der Waals surface area contributed by atoms with Gasteiger partial charge in [0.1, 0.15) is 24.2 Å². The maximum atomic E-state index is 13.3. The molecular formula is C27H46N10O9. The van der Waals surface area contributed by atoms with Gasteiger partial charge in [-0.1, -0.05) is 0 Å². The van der Waals surface area contributed by atoms with E-state index in [1.165, 1.54) is 26.2 Å². The van der Waals surface area contributed by atoms with Gasteiger partial charge in [-0.25, -0.2) is 0 Å². The normalized spacial score (nSPS) is 14.7. The van der Waals surface area contributed by atoms with E-state index < -0.39 is 78.4 Å². The Bertz CT molecular complexity index is 1190. The van der Waals surface area contributed by atoms with Gasteiger partial charge < -0.3 is 64.1 Å². The van der Waals surface area contributed by atoms with E-state index in [1.54, 1.807) is 6.07 Å². The second-order valence-corrected chi connectivity index (χ2v) is 10.5. The highest BCUT2D eigenvalue weighted by atomic mass is 16.3. The van der Waals surface area contributed by atoms with E-state index in [-0.39, 0.29) is 44.1 Å². The van der Waals surface area contributed by atoms with Crippen molar-refractivity contribution in [1.82, 2.24) is 26.6 Å². The lowest BCUT2D eigenvalue weighted by atomic mass is 10.1. The average molecular weight is 655 g/mol. The lowest BCUT2D eigenvalue weighted by Gasteiger charge is -2.26. The summed E-state index contributed by atoms with van der Waals surface area (Å²) in [5.41, 5.74) is 21.5. The van der Waals surface area contributed by atoms with Crippen LogP contribution in [0.5, 0.6) is 0 Å². The number of nitrogens with two attached hydrogens (primary N) is 4. The third kappa shape index (κ3) is 14.4. The summed E-state index contributed by atoms with van der Waals surface area (Å²) in [5, 5.41) is 31.7. The topological polar surface area (TPSA) is 333 Å². The molecule has 0 spiro atoms. The van der Waals surface area contributed by atoms with E-state index in [4.69, 9.17) is 27.4 Å². The summed E-state index contributed by atoms with van der Waals surface area (Å²) in [6.45, 7) is 2.09. The minimum absolute atomic E-state index is 0.00745. The molecule has 0 aliphatic rings. The number of amides is 6. The number of carbonyl (C=O) groups is 6. The van der Waals surface area contributed by atoms with Crippen LogP contribution >= 0.6 is 0 Å². The SMILES string of the molecule is C[C@H](N)C(=O)N[C@@H](CCCN=C(N)N)C(=O)N[C@@H](CCCCNC(=O)c1ccco1)C(=O)N[C@@H](CO)C(=O)NC(C(N)=O)[C@@H](C)O. The molecule has 258 valence electrons. The Hall–Kier alpha value is -4.75. The summed E-state index contributed by atoms with van der Waals surface area (Å²) in [5.74, 6) is -4.81. The Morgan fingerprint density at radius 2 is 1.41 bits per heavy atom. The van der Waals surface area contributed by atoms with Crippen LogP contribution in [-0.4, -0.2) is 108 Å². The molecule has 46 heavy (non-hydrogen) atoms. The van der Waals surface area contributed by atoms with Crippen LogP contribution in [0, 0.1) is 0 Å². The number of hydrogen-bond donors (Lipinski definition) is 11. The molecule has 1 heterocycles. The lowest BCUT2D eigenvalue weighted by molar-refractivity contribution is -0.135. The zero-order chi connectivity index (χ0) is 34.8. The zero-order valence-electron chi connectivity index (χ0n) is 25.9. The molecule has 0 saturated carbocycles. The molecule has 1 aromatic rings. The Morgan fingerprint density at radius 1 is 0.848 bits per heavy atom. The van der Waals surface area contributed by atoms with Crippen LogP contribution in [0.4, 0.5) is 0 Å². The molecular weight excluding hydrogens is 608 g/mol. The predicted molar refractivity (Wildman–Crippen MR) is 164 cm³/mol. The number of carbonyl (C=O) groups excluding carboxylic acids is 6. The number of hydrogen-bond acceptors (Lipinski definition) is 11. The van der Waals surface area contributed by atoms with Crippen molar-refractivity contribution in [2.45, 2.75) is 82.3 Å². The molecule has 19 nitrogen and oxygen atoms in total. The first kappa shape index (κ1) is 39.3. The molecule has 1 unspecified atom stereocenters. The second-order valence-electron chi connectivity index (χ2n) is 10.5. The van der Waals surface area contributed by atoms with Crippen LogP contribution in [0.1, 0.15) is 56.5 Å². The van der Waals surface area contributed by atoms with Gasteiger partial charge in [-0.3, -0.25) is 33.8 Å². The van der Waals surface area contributed by atoms with Gasteiger partial charge in [0.2, 0.25) is 29.5 Å². The summed E-state index contributed by atoms with van der Waals surface area (Å²) in [6.07, 6.45) is 1.00. The van der Waals surface area contributed by atoms with Crippen LogP contribution in [-0.2, 0) is 24.0 Å². The number of rotatable bonds is 21. The number of aliphatic imine (C=N–C) groups is 1. The van der Waals surface area contributed by atoms with Crippen LogP contribution in [0.15, 0.2) is 27.8 Å². The van der Waals surface area contributed by atoms with E-state index in [2.05, 4.69) is 31.6 Å². The van der Waals surface area contributed by atoms with E-state index in [9.17, 15) is 39.0 Å². The van der Waals surface area contributed by atoms with E-state index in [0.29, 0.717) is 12.8 Å². The Labute approximate surface area is 265 Å². The van der Waals surface area contributed by atoms with Gasteiger partial charge in [0.05, 0.1) is 25.0 Å². The molecule has 15 N–H and O–H groups in total. The fraction of sp³-hybridized carbons (Fsp3) is 0.593. The molecule has 0 aliphatic heterocycles. The standard InChI is InChI=1S/C27H46N10O9/c1-14(28)22(41)34-17(8-5-11-33-27(30)31)23(42)35-16(7-3-4-10-32-26(45)19-9-6-12-46-19)24(43)36-18(13-38)25(44)37-20(15(2)39)21(29)40/h6,9,12,14-18,20,38-39H,3-5,7-8,10-11,13,28H2,1-2H3,(H2,29,40)(H,32,45)(H,34,41)(H,35,42)(H,36,43)(H,37,44)(H4,30,31,33)/t14-,15+,16-,17-,18-,20?/m0/s1. The monoisotopic (exact) mass is 654 g/mol. The van der Waals surface area contributed by atoms with Gasteiger partial charge >= 0.3 is 0 Å². The second kappa shape index (κ2) is 20.3. The Morgan fingerprint density at radius 3 is 1.91 bits per heavy atom. The fourth-order valence-electron chi connectivity index (χ4n) is 3.94. The molecule has 0 fully saturated rings. The van der Waals surface area contributed by atoms with E-state index in [1.807, 2.05) is 0 Å². The Balaban J connectivity index is 3.06. The third-order valence-electron chi connectivity index (χ3n) is 6.48. The average Bonchev–Trinajstić information content (AvgIpc) is 3.53. The van der Waals surface area contributed by atoms with Crippen molar-refractivity contribution in [2.75, 3.05) is 19.7 Å². The van der Waals surface area contributed by atoms with Gasteiger partial charge in [-0.05, 0) is 58.1 Å². The minimum Gasteiger partial charge on any atom is -0.459 e. The largest absolute Gasteiger partial charge is 0.459 e. The number of guanidine groups is 1. The first-order valence-corrected chi connectivity index (χ1v) is 14.6. The van der Waals surface area contributed by atoms with E-state index >= 15 is 0 Å². The highest BCUT2D eigenvalue weighted by Crippen LogP contribution is 2.07. The summed E-state index contributed by atoms with van der Waals surface area (Å²) in [6, 6.07) is -3.42. The molecule has 0 bridgehead atoms. The van der Waals surface area contributed by atoms with Crippen molar-refractivity contribution >= 4 is 41.4 Å². The highest BCUT2D eigenvalue weighted by Gasteiger charge is 2.32. The maximum Gasteiger partial charge on any atom is 0.286 e. The number of nitrogens with one attached hydrogen (secondary N) is 5. The highest BCUT2D eigenvalue weighted by molar-refractivity contribution is 5.96. The summed E-state index contributed by atoms with van der Waals surface area (Å²) >= 11 is 0. The summed E-state index contributed by atoms with van der Waals surface area (Å²) in [7, 11) is 0. The molecule has 0 radical (unpaired) electrons. The minimum atomic E-state index is -1.59. The van der Waals surface area contributed by atoms with Gasteiger partial charge in [-0.15, -0.1) is 0 Å². The van der Waals surface area contributed by atoms with E-state index in [0.717, 1.165) is 0 Å². The summed E-state index contributed by atoms with van der Waals surface area (Å²) < 4.78 is 5.03. The van der Waals surface area contributed by atoms with Crippen molar-refractivity contribution in [2.24, 2.45) is 27.9 Å². The van der Waals surface area contributed by atoms with Crippen molar-refractivity contribution in [3.63, 3.8) is 0 Å². The molecule has 1 rings (SSSR count). The predicted octanol–water partition coefficient (Wildman–Crippen LogP) is -4.62. The Kier molecular flexibility index (Phi) is 17.3. The van der Waals surface area contributed by atoms with Gasteiger partial charge in [0, 0.05) is 13.1 Å². The summed E-state index contributed by atoms with van der Waals surface area (Å²) in [4.78, 5) is 79.2. The molecule has 19 heteroatoms. The molecule has 0 saturated heterocycles. The number of nitrogens with zero attached hydrogens (tertiary/aromatic N) is 1. The van der Waals surface area contributed by atoms with Gasteiger partial charge in [0.15, 0.2) is 11.7 Å². The number of unbranched alkanes of at least 4 members (excludes halogenated alkanes) is 1. The smallest absolute Gasteiger partial charge is 0.286 e. The maximum absolute atomic E-state index is 13.3. The van der Waals surface area contributed by atoms with Crippen molar-refractivity contribution in [3.8, 4) is 0 Å². The van der Waals surface area contributed by atoms with Gasteiger partial charge in [-0.2, -0.15) is 0 Å². The number of aliphatic hydroxyl groups is 2. The number of furan rings is 1. The molecule has 0 aliphatic carbocycles.